The van der Waals surface area contributed by atoms with Crippen molar-refractivity contribution < 1.29 is 19.4 Å². The third-order valence-electron chi connectivity index (χ3n) is 1.01. The Morgan fingerprint density at radius 2 is 1.65 bits per heavy atom. The molecular formula is C12H25NO4. The molecule has 0 heterocycles. The highest BCUT2D eigenvalue weighted by Gasteiger charge is 2.15. The Balaban J connectivity index is 0. The van der Waals surface area contributed by atoms with Gasteiger partial charge in [-0.25, -0.2) is 4.79 Å². The summed E-state index contributed by atoms with van der Waals surface area (Å²) in [6.45, 7) is 11.8. The van der Waals surface area contributed by atoms with Crippen molar-refractivity contribution >= 4 is 12.1 Å². The lowest BCUT2D eigenvalue weighted by Gasteiger charge is -2.19. The number of amides is 1. The van der Waals surface area contributed by atoms with Gasteiger partial charge >= 0.3 is 12.1 Å². The minimum atomic E-state index is -0.948. The van der Waals surface area contributed by atoms with Crippen LogP contribution in [-0.4, -0.2) is 29.3 Å². The van der Waals surface area contributed by atoms with Gasteiger partial charge in [-0.05, 0) is 26.7 Å². The fourth-order valence-corrected chi connectivity index (χ4v) is 0.586. The molecule has 0 spiro atoms. The van der Waals surface area contributed by atoms with Gasteiger partial charge < -0.3 is 15.2 Å². The second-order valence-corrected chi connectivity index (χ2v) is 5.30. The monoisotopic (exact) mass is 247 g/mol. The van der Waals surface area contributed by atoms with E-state index < -0.39 is 17.7 Å². The standard InChI is InChI=1S/C8H15NO4.C4H10/c1-8(2,3)13-7(12)9-5-4-6(10)11;1-4(2)3/h4-5H2,1-3H3,(H,9,12)(H,10,11);4H,1-3H3. The lowest BCUT2D eigenvalue weighted by atomic mass is 10.2. The molecule has 0 radical (unpaired) electrons. The van der Waals surface area contributed by atoms with Gasteiger partial charge in [0.2, 0.25) is 0 Å². The van der Waals surface area contributed by atoms with Gasteiger partial charge in [-0.3, -0.25) is 4.79 Å². The third-order valence-corrected chi connectivity index (χ3v) is 1.01. The first-order chi connectivity index (χ1) is 7.54. The van der Waals surface area contributed by atoms with E-state index in [-0.39, 0.29) is 13.0 Å². The number of hydrogen-bond acceptors (Lipinski definition) is 3. The van der Waals surface area contributed by atoms with Gasteiger partial charge in [-0.1, -0.05) is 20.8 Å². The minimum Gasteiger partial charge on any atom is -0.481 e. The van der Waals surface area contributed by atoms with Crippen molar-refractivity contribution in [3.63, 3.8) is 0 Å². The summed E-state index contributed by atoms with van der Waals surface area (Å²) in [5.41, 5.74) is -0.548. The summed E-state index contributed by atoms with van der Waals surface area (Å²) < 4.78 is 4.88. The maximum atomic E-state index is 10.9. The average Bonchev–Trinajstić information content (AvgIpc) is 1.97. The van der Waals surface area contributed by atoms with Crippen LogP contribution in [0.5, 0.6) is 0 Å². The number of rotatable bonds is 3. The van der Waals surface area contributed by atoms with E-state index in [0.29, 0.717) is 0 Å². The number of carboxylic acids is 1. The molecule has 0 aromatic rings. The molecule has 5 heteroatoms. The Kier molecular flexibility index (Phi) is 9.42. The van der Waals surface area contributed by atoms with Gasteiger partial charge in [0.05, 0.1) is 6.42 Å². The quantitative estimate of drug-likeness (QED) is 0.804. The molecule has 0 aromatic heterocycles. The van der Waals surface area contributed by atoms with Crippen LogP contribution in [0.25, 0.3) is 0 Å². The molecule has 0 aliphatic rings. The Morgan fingerprint density at radius 1 is 1.24 bits per heavy atom. The number of alkyl carbamates (subject to hydrolysis) is 1. The fraction of sp³-hybridized carbons (Fsp3) is 0.833. The van der Waals surface area contributed by atoms with Gasteiger partial charge in [0.1, 0.15) is 5.60 Å². The predicted octanol–water partition coefficient (Wildman–Crippen LogP) is 2.65. The number of aliphatic carboxylic acids is 1. The Hall–Kier alpha value is -1.26. The number of carbonyl (C=O) groups is 2. The zero-order valence-corrected chi connectivity index (χ0v) is 11.7. The number of nitrogens with one attached hydrogen (secondary N) is 1. The molecule has 0 fully saturated rings. The molecule has 0 rings (SSSR count). The first kappa shape index (κ1) is 18.1. The van der Waals surface area contributed by atoms with Crippen molar-refractivity contribution in [2.45, 2.75) is 53.6 Å². The highest BCUT2D eigenvalue weighted by molar-refractivity contribution is 5.70. The van der Waals surface area contributed by atoms with E-state index in [9.17, 15) is 9.59 Å². The average molecular weight is 247 g/mol. The first-order valence-electron chi connectivity index (χ1n) is 5.73. The zero-order chi connectivity index (χ0) is 14.1. The van der Waals surface area contributed by atoms with Gasteiger partial charge in [0.25, 0.3) is 0 Å². The molecule has 0 aliphatic carbocycles. The Labute approximate surface area is 104 Å². The minimum absolute atomic E-state index is 0.0875. The van der Waals surface area contributed by atoms with Crippen LogP contribution in [0.2, 0.25) is 0 Å². The van der Waals surface area contributed by atoms with Crippen LogP contribution < -0.4 is 5.32 Å². The van der Waals surface area contributed by atoms with Crippen LogP contribution >= 0.6 is 0 Å². The van der Waals surface area contributed by atoms with Crippen LogP contribution in [0.3, 0.4) is 0 Å². The van der Waals surface area contributed by atoms with Gasteiger partial charge in [-0.2, -0.15) is 0 Å². The predicted molar refractivity (Wildman–Crippen MR) is 67.0 cm³/mol. The lowest BCUT2D eigenvalue weighted by molar-refractivity contribution is -0.136. The van der Waals surface area contributed by atoms with E-state index in [1.165, 1.54) is 0 Å². The summed E-state index contributed by atoms with van der Waals surface area (Å²) in [6, 6.07) is 0. The van der Waals surface area contributed by atoms with E-state index in [1.54, 1.807) is 20.8 Å². The van der Waals surface area contributed by atoms with E-state index in [2.05, 4.69) is 26.1 Å². The highest BCUT2D eigenvalue weighted by Crippen LogP contribution is 2.06. The molecule has 17 heavy (non-hydrogen) atoms. The first-order valence-corrected chi connectivity index (χ1v) is 5.73. The van der Waals surface area contributed by atoms with E-state index in [1.807, 2.05) is 0 Å². The van der Waals surface area contributed by atoms with E-state index in [0.717, 1.165) is 5.92 Å². The van der Waals surface area contributed by atoms with Crippen LogP contribution in [0.4, 0.5) is 4.79 Å². The summed E-state index contributed by atoms with van der Waals surface area (Å²) in [5.74, 6) is -0.115. The Bertz CT molecular complexity index is 228. The molecule has 0 bridgehead atoms. The van der Waals surface area contributed by atoms with Crippen molar-refractivity contribution in [3.8, 4) is 0 Å². The summed E-state index contributed by atoms with van der Waals surface area (Å²) in [6.07, 6.45) is -0.687. The van der Waals surface area contributed by atoms with Crippen molar-refractivity contribution in [1.82, 2.24) is 5.32 Å². The van der Waals surface area contributed by atoms with Crippen LogP contribution in [0.15, 0.2) is 0 Å². The van der Waals surface area contributed by atoms with Crippen molar-refractivity contribution in [1.29, 1.82) is 0 Å². The van der Waals surface area contributed by atoms with Crippen LogP contribution in [-0.2, 0) is 9.53 Å². The second-order valence-electron chi connectivity index (χ2n) is 5.30. The second kappa shape index (κ2) is 8.84. The van der Waals surface area contributed by atoms with Gasteiger partial charge in [0.15, 0.2) is 0 Å². The fourth-order valence-electron chi connectivity index (χ4n) is 0.586. The molecule has 0 saturated carbocycles. The number of ether oxygens (including phenoxy) is 1. The molecule has 0 aliphatic heterocycles. The number of carboxylic acid groups (broad SMARTS) is 1. The molecule has 1 amide bonds. The summed E-state index contributed by atoms with van der Waals surface area (Å²) in [7, 11) is 0. The molecule has 2 N–H and O–H groups in total. The topological polar surface area (TPSA) is 75.6 Å². The molecule has 102 valence electrons. The maximum Gasteiger partial charge on any atom is 0.407 e. The molecule has 5 nitrogen and oxygen atoms in total. The largest absolute Gasteiger partial charge is 0.481 e. The van der Waals surface area contributed by atoms with Gasteiger partial charge in [0, 0.05) is 6.54 Å². The molecule has 0 unspecified atom stereocenters. The van der Waals surface area contributed by atoms with E-state index >= 15 is 0 Å². The molecule has 0 saturated heterocycles. The van der Waals surface area contributed by atoms with Gasteiger partial charge in [-0.15, -0.1) is 0 Å². The molecule has 0 aromatic carbocycles. The number of hydrogen-bond donors (Lipinski definition) is 2. The van der Waals surface area contributed by atoms with Crippen LogP contribution in [0.1, 0.15) is 48.0 Å². The SMILES string of the molecule is CC(C)(C)OC(=O)NCCC(=O)O.CC(C)C. The number of carbonyl (C=O) groups excluding carboxylic acids is 1. The normalized spacial score (nSPS) is 10.3. The maximum absolute atomic E-state index is 10.9. The molecular weight excluding hydrogens is 222 g/mol. The summed E-state index contributed by atoms with van der Waals surface area (Å²) in [5, 5.41) is 10.6. The van der Waals surface area contributed by atoms with Crippen molar-refractivity contribution in [2.24, 2.45) is 5.92 Å². The zero-order valence-electron chi connectivity index (χ0n) is 11.7. The third kappa shape index (κ3) is 25.2. The highest BCUT2D eigenvalue weighted by atomic mass is 16.6. The summed E-state index contributed by atoms with van der Waals surface area (Å²) in [4.78, 5) is 21.0. The Morgan fingerprint density at radius 3 is 1.94 bits per heavy atom. The summed E-state index contributed by atoms with van der Waals surface area (Å²) >= 11 is 0. The van der Waals surface area contributed by atoms with Crippen molar-refractivity contribution in [2.75, 3.05) is 6.54 Å². The molecule has 0 atom stereocenters. The van der Waals surface area contributed by atoms with Crippen LogP contribution in [0, 0.1) is 5.92 Å². The smallest absolute Gasteiger partial charge is 0.407 e. The lowest BCUT2D eigenvalue weighted by Crippen LogP contribution is -2.33. The van der Waals surface area contributed by atoms with Crippen molar-refractivity contribution in [3.05, 3.63) is 0 Å². The van der Waals surface area contributed by atoms with E-state index in [4.69, 9.17) is 9.84 Å².